The zero-order valence-corrected chi connectivity index (χ0v) is 15.8. The number of aryl methyl sites for hydroxylation is 1. The number of nitrogens with one attached hydrogen (secondary N) is 1. The number of carbonyl (C=O) groups is 1. The van der Waals surface area contributed by atoms with E-state index >= 15 is 0 Å². The van der Waals surface area contributed by atoms with Crippen molar-refractivity contribution >= 4 is 17.8 Å². The Bertz CT molecular complexity index is 932. The molecular weight excluding hydrogens is 344 g/mol. The van der Waals surface area contributed by atoms with Gasteiger partial charge in [-0.2, -0.15) is 0 Å². The minimum atomic E-state index is -0.260. The number of ether oxygens (including phenoxy) is 3. The monoisotopic (exact) mass is 366 g/mol. The average molecular weight is 366 g/mol. The van der Waals surface area contributed by atoms with E-state index in [0.717, 1.165) is 23.1 Å². The van der Waals surface area contributed by atoms with Gasteiger partial charge in [0.25, 0.3) is 5.91 Å². The summed E-state index contributed by atoms with van der Waals surface area (Å²) in [6.07, 6.45) is 2.63. The maximum Gasteiger partial charge on any atom is 0.275 e. The second kappa shape index (κ2) is 7.95. The van der Waals surface area contributed by atoms with Crippen LogP contribution >= 0.6 is 0 Å². The molecule has 0 fully saturated rings. The van der Waals surface area contributed by atoms with Crippen LogP contribution in [0.1, 0.15) is 23.6 Å². The van der Waals surface area contributed by atoms with Gasteiger partial charge in [-0.3, -0.25) is 4.79 Å². The number of rotatable bonds is 6. The molecule has 3 rings (SSSR count). The van der Waals surface area contributed by atoms with E-state index < -0.39 is 0 Å². The first-order chi connectivity index (χ1) is 13.1. The molecule has 0 saturated carbocycles. The zero-order chi connectivity index (χ0) is 19.4. The van der Waals surface area contributed by atoms with E-state index in [1.165, 1.54) is 0 Å². The highest BCUT2D eigenvalue weighted by Crippen LogP contribution is 2.29. The number of hydrogen-bond donors (Lipinski definition) is 1. The Morgan fingerprint density at radius 2 is 1.67 bits per heavy atom. The fourth-order valence-corrected chi connectivity index (χ4v) is 2.85. The molecule has 1 aliphatic rings. The molecule has 0 bridgehead atoms. The normalized spacial score (nSPS) is 14.7. The lowest BCUT2D eigenvalue weighted by Gasteiger charge is -2.09. The van der Waals surface area contributed by atoms with Crippen molar-refractivity contribution in [2.45, 2.75) is 13.3 Å². The van der Waals surface area contributed by atoms with Gasteiger partial charge in [-0.25, -0.2) is 4.99 Å². The zero-order valence-electron chi connectivity index (χ0n) is 15.8. The highest BCUT2D eigenvalue weighted by Gasteiger charge is 2.22. The van der Waals surface area contributed by atoms with E-state index in [1.807, 2.05) is 24.3 Å². The average Bonchev–Trinajstić information content (AvgIpc) is 3.07. The summed E-state index contributed by atoms with van der Waals surface area (Å²) in [6, 6.07) is 11.3. The number of amides is 1. The van der Waals surface area contributed by atoms with E-state index in [9.17, 15) is 4.79 Å². The highest BCUT2D eigenvalue weighted by atomic mass is 16.5. The summed E-state index contributed by atoms with van der Waals surface area (Å²) in [5, 5.41) is 2.80. The number of carbonyl (C=O) groups excluding carboxylic acids is 1. The number of amidine groups is 1. The van der Waals surface area contributed by atoms with Crippen LogP contribution in [-0.4, -0.2) is 33.1 Å². The lowest BCUT2D eigenvalue weighted by molar-refractivity contribution is -0.115. The fraction of sp³-hybridized carbons (Fsp3) is 0.238. The van der Waals surface area contributed by atoms with Gasteiger partial charge < -0.3 is 19.5 Å². The summed E-state index contributed by atoms with van der Waals surface area (Å²) in [7, 11) is 4.75. The lowest BCUT2D eigenvalue weighted by atomic mass is 10.1. The Morgan fingerprint density at radius 3 is 2.33 bits per heavy atom. The van der Waals surface area contributed by atoms with Crippen LogP contribution in [0.4, 0.5) is 0 Å². The summed E-state index contributed by atoms with van der Waals surface area (Å²) >= 11 is 0. The quantitative estimate of drug-likeness (QED) is 0.797. The van der Waals surface area contributed by atoms with Crippen LogP contribution in [0.5, 0.6) is 17.2 Å². The van der Waals surface area contributed by atoms with Crippen molar-refractivity contribution in [2.75, 3.05) is 21.3 Å². The van der Waals surface area contributed by atoms with Crippen molar-refractivity contribution in [2.24, 2.45) is 4.99 Å². The molecule has 27 heavy (non-hydrogen) atoms. The van der Waals surface area contributed by atoms with Gasteiger partial charge in [0.15, 0.2) is 11.5 Å². The first kappa shape index (κ1) is 18.5. The Labute approximate surface area is 158 Å². The molecule has 140 valence electrons. The van der Waals surface area contributed by atoms with Crippen LogP contribution in [0.3, 0.4) is 0 Å². The largest absolute Gasteiger partial charge is 0.496 e. The topological polar surface area (TPSA) is 69.2 Å². The Morgan fingerprint density at radius 1 is 0.963 bits per heavy atom. The first-order valence-electron chi connectivity index (χ1n) is 8.60. The molecule has 6 heteroatoms. The third-order valence-electron chi connectivity index (χ3n) is 4.35. The summed E-state index contributed by atoms with van der Waals surface area (Å²) in [4.78, 5) is 16.9. The van der Waals surface area contributed by atoms with E-state index in [2.05, 4.69) is 17.2 Å². The smallest absolute Gasteiger partial charge is 0.275 e. The minimum absolute atomic E-state index is 0.260. The molecule has 0 unspecified atom stereocenters. The predicted molar refractivity (Wildman–Crippen MR) is 105 cm³/mol. The van der Waals surface area contributed by atoms with E-state index in [0.29, 0.717) is 28.8 Å². The van der Waals surface area contributed by atoms with Gasteiger partial charge >= 0.3 is 0 Å². The van der Waals surface area contributed by atoms with Crippen molar-refractivity contribution in [1.82, 2.24) is 5.32 Å². The molecule has 0 aromatic heterocycles. The van der Waals surface area contributed by atoms with Crippen LogP contribution in [0.25, 0.3) is 6.08 Å². The van der Waals surface area contributed by atoms with Gasteiger partial charge in [0.1, 0.15) is 17.3 Å². The molecule has 0 atom stereocenters. The van der Waals surface area contributed by atoms with Crippen molar-refractivity contribution in [3.8, 4) is 17.2 Å². The van der Waals surface area contributed by atoms with Crippen LogP contribution < -0.4 is 19.5 Å². The van der Waals surface area contributed by atoms with Crippen molar-refractivity contribution in [3.63, 3.8) is 0 Å². The van der Waals surface area contributed by atoms with E-state index in [4.69, 9.17) is 14.2 Å². The van der Waals surface area contributed by atoms with Crippen molar-refractivity contribution in [3.05, 3.63) is 58.8 Å². The third kappa shape index (κ3) is 3.79. The minimum Gasteiger partial charge on any atom is -0.496 e. The van der Waals surface area contributed by atoms with Crippen LogP contribution in [0.2, 0.25) is 0 Å². The number of benzene rings is 2. The number of hydrogen-bond acceptors (Lipinski definition) is 5. The van der Waals surface area contributed by atoms with Gasteiger partial charge in [-0.1, -0.05) is 13.0 Å². The molecule has 1 aliphatic heterocycles. The van der Waals surface area contributed by atoms with Crippen LogP contribution in [-0.2, 0) is 11.2 Å². The molecule has 0 radical (unpaired) electrons. The fourth-order valence-electron chi connectivity index (χ4n) is 2.85. The number of aliphatic imine (C=N–C) groups is 1. The maximum atomic E-state index is 12.4. The summed E-state index contributed by atoms with van der Waals surface area (Å²) < 4.78 is 16.0. The maximum absolute atomic E-state index is 12.4. The Balaban J connectivity index is 1.98. The van der Waals surface area contributed by atoms with Crippen molar-refractivity contribution in [1.29, 1.82) is 0 Å². The van der Waals surface area contributed by atoms with Gasteiger partial charge in [0.05, 0.1) is 21.3 Å². The standard InChI is InChI=1S/C21H22N2O4/c1-5-13-6-8-17(25-2)15(10-13)11-16-21(24)23-20(22-16)14-7-9-18(26-3)19(12-14)27-4/h6-12H,5H2,1-4H3,(H,22,23,24)/b16-11+. The molecule has 0 aliphatic carbocycles. The van der Waals surface area contributed by atoms with Crippen LogP contribution in [0.15, 0.2) is 47.1 Å². The van der Waals surface area contributed by atoms with Crippen molar-refractivity contribution < 1.29 is 19.0 Å². The second-order valence-corrected chi connectivity index (χ2v) is 5.94. The lowest BCUT2D eigenvalue weighted by Crippen LogP contribution is -2.24. The predicted octanol–water partition coefficient (Wildman–Crippen LogP) is 3.19. The summed E-state index contributed by atoms with van der Waals surface area (Å²) in [6.45, 7) is 2.08. The first-order valence-corrected chi connectivity index (χ1v) is 8.60. The van der Waals surface area contributed by atoms with Gasteiger partial charge in [0.2, 0.25) is 0 Å². The number of nitrogens with zero attached hydrogens (tertiary/aromatic N) is 1. The molecule has 1 N–H and O–H groups in total. The Kier molecular flexibility index (Phi) is 5.45. The van der Waals surface area contributed by atoms with Gasteiger partial charge in [-0.05, 0) is 48.4 Å². The molecule has 1 heterocycles. The van der Waals surface area contributed by atoms with Gasteiger partial charge in [-0.15, -0.1) is 0 Å². The molecule has 1 amide bonds. The molecule has 6 nitrogen and oxygen atoms in total. The van der Waals surface area contributed by atoms with Crippen LogP contribution in [0, 0.1) is 0 Å². The van der Waals surface area contributed by atoms with E-state index in [-0.39, 0.29) is 5.91 Å². The third-order valence-corrected chi connectivity index (χ3v) is 4.35. The SMILES string of the molecule is CCc1ccc(OC)c(/C=C2/N=C(c3ccc(OC)c(OC)c3)NC2=O)c1. The summed E-state index contributed by atoms with van der Waals surface area (Å²) in [5.74, 6) is 2.09. The molecule has 2 aromatic carbocycles. The Hall–Kier alpha value is -3.28. The molecule has 0 saturated heterocycles. The highest BCUT2D eigenvalue weighted by molar-refractivity contribution is 6.20. The second-order valence-electron chi connectivity index (χ2n) is 5.94. The number of methoxy groups -OCH3 is 3. The molecule has 0 spiro atoms. The van der Waals surface area contributed by atoms with Gasteiger partial charge in [0, 0.05) is 11.1 Å². The molecule has 2 aromatic rings. The molecular formula is C21H22N2O4. The summed E-state index contributed by atoms with van der Waals surface area (Å²) in [5.41, 5.74) is 3.04. The van der Waals surface area contributed by atoms with E-state index in [1.54, 1.807) is 39.5 Å².